The summed E-state index contributed by atoms with van der Waals surface area (Å²) in [5.41, 5.74) is 1.95. The molecule has 4 nitrogen and oxygen atoms in total. The molecule has 2 aromatic rings. The van der Waals surface area contributed by atoms with E-state index in [2.05, 4.69) is 23.7 Å². The lowest BCUT2D eigenvalue weighted by Gasteiger charge is -2.40. The number of β-amino-alcohol motifs (C(OH)–C–C–N with tert-alkyl or cyclic N) is 1. The van der Waals surface area contributed by atoms with Gasteiger partial charge in [-0.05, 0) is 56.5 Å². The zero-order chi connectivity index (χ0) is 19.1. The summed E-state index contributed by atoms with van der Waals surface area (Å²) in [6.07, 6.45) is 5.07. The number of ether oxygens (including phenoxy) is 1. The van der Waals surface area contributed by atoms with Crippen molar-refractivity contribution in [1.29, 1.82) is 0 Å². The van der Waals surface area contributed by atoms with Gasteiger partial charge in [-0.3, -0.25) is 9.89 Å². The molecular weight excluding hydrogens is 336 g/mol. The van der Waals surface area contributed by atoms with E-state index in [1.807, 2.05) is 60.8 Å². The number of hydrogen-bond donors (Lipinski definition) is 1. The minimum absolute atomic E-state index is 0.308. The van der Waals surface area contributed by atoms with Crippen LogP contribution < -0.4 is 4.74 Å². The van der Waals surface area contributed by atoms with Gasteiger partial charge < -0.3 is 9.84 Å². The molecule has 0 saturated carbocycles. The minimum Gasteiger partial charge on any atom is -0.491 e. The van der Waals surface area contributed by atoms with Gasteiger partial charge in [0.2, 0.25) is 0 Å². The van der Waals surface area contributed by atoms with E-state index in [1.54, 1.807) is 0 Å². The molecular formula is C23H30N2O2. The predicted molar refractivity (Wildman–Crippen MR) is 111 cm³/mol. The lowest BCUT2D eigenvalue weighted by Crippen LogP contribution is -2.48. The lowest BCUT2D eigenvalue weighted by atomic mass is 9.97. The van der Waals surface area contributed by atoms with E-state index in [9.17, 15) is 5.11 Å². The molecule has 1 aliphatic rings. The van der Waals surface area contributed by atoms with Gasteiger partial charge in [0.25, 0.3) is 0 Å². The smallest absolute Gasteiger partial charge is 0.119 e. The maximum Gasteiger partial charge on any atom is 0.119 e. The molecule has 3 atom stereocenters. The Bertz CT molecular complexity index is 705. The molecule has 3 unspecified atom stereocenters. The SMILES string of the molecule is CC1CCCC(C)N1CC(O)COc1ccc(N=Cc2ccccc2)cc1. The van der Waals surface area contributed by atoms with Crippen LogP contribution in [0.15, 0.2) is 59.6 Å². The van der Waals surface area contributed by atoms with Gasteiger partial charge in [-0.1, -0.05) is 36.8 Å². The van der Waals surface area contributed by atoms with Crippen molar-refractivity contribution in [3.05, 3.63) is 60.2 Å². The van der Waals surface area contributed by atoms with Crippen LogP contribution in [0, 0.1) is 0 Å². The standard InChI is InChI=1S/C23H30N2O2/c1-18-7-6-8-19(2)25(18)16-22(26)17-27-23-13-11-21(12-14-23)24-15-20-9-4-3-5-10-20/h3-5,9-15,18-19,22,26H,6-8,16-17H2,1-2H3. The number of aliphatic imine (C=N–C) groups is 1. The average Bonchev–Trinajstić information content (AvgIpc) is 2.69. The summed E-state index contributed by atoms with van der Waals surface area (Å²) < 4.78 is 5.77. The van der Waals surface area contributed by atoms with Crippen LogP contribution in [0.4, 0.5) is 5.69 Å². The Labute approximate surface area is 162 Å². The fourth-order valence-electron chi connectivity index (χ4n) is 3.64. The molecule has 0 aromatic heterocycles. The molecule has 1 N–H and O–H groups in total. The number of aliphatic hydroxyl groups excluding tert-OH is 1. The third-order valence-corrected chi connectivity index (χ3v) is 5.24. The summed E-state index contributed by atoms with van der Waals surface area (Å²) in [7, 11) is 0. The third kappa shape index (κ3) is 5.91. The first-order valence-corrected chi connectivity index (χ1v) is 9.87. The minimum atomic E-state index is -0.483. The summed E-state index contributed by atoms with van der Waals surface area (Å²) in [5, 5.41) is 10.4. The molecule has 1 aliphatic heterocycles. The largest absolute Gasteiger partial charge is 0.491 e. The van der Waals surface area contributed by atoms with E-state index < -0.39 is 6.10 Å². The summed E-state index contributed by atoms with van der Waals surface area (Å²) in [4.78, 5) is 6.87. The topological polar surface area (TPSA) is 45.1 Å². The Morgan fingerprint density at radius 3 is 2.41 bits per heavy atom. The van der Waals surface area contributed by atoms with E-state index in [0.29, 0.717) is 25.2 Å². The van der Waals surface area contributed by atoms with E-state index in [-0.39, 0.29) is 0 Å². The van der Waals surface area contributed by atoms with Crippen molar-refractivity contribution in [3.8, 4) is 5.75 Å². The van der Waals surface area contributed by atoms with Gasteiger partial charge in [0.05, 0.1) is 5.69 Å². The van der Waals surface area contributed by atoms with Crippen molar-refractivity contribution in [2.45, 2.75) is 51.3 Å². The van der Waals surface area contributed by atoms with Gasteiger partial charge in [0.1, 0.15) is 18.5 Å². The fourth-order valence-corrected chi connectivity index (χ4v) is 3.64. The van der Waals surface area contributed by atoms with Crippen molar-refractivity contribution < 1.29 is 9.84 Å². The number of aliphatic hydroxyl groups is 1. The van der Waals surface area contributed by atoms with Gasteiger partial charge >= 0.3 is 0 Å². The quantitative estimate of drug-likeness (QED) is 0.737. The maximum absolute atomic E-state index is 10.4. The maximum atomic E-state index is 10.4. The van der Waals surface area contributed by atoms with Crippen molar-refractivity contribution in [2.24, 2.45) is 4.99 Å². The van der Waals surface area contributed by atoms with Gasteiger partial charge in [0, 0.05) is 24.8 Å². The molecule has 0 aliphatic carbocycles. The van der Waals surface area contributed by atoms with Crippen LogP contribution in [0.1, 0.15) is 38.7 Å². The Morgan fingerprint density at radius 2 is 1.74 bits per heavy atom. The lowest BCUT2D eigenvalue weighted by molar-refractivity contribution is 0.0209. The van der Waals surface area contributed by atoms with E-state index in [0.717, 1.165) is 17.0 Å². The van der Waals surface area contributed by atoms with Crippen LogP contribution in [-0.4, -0.2) is 47.6 Å². The van der Waals surface area contributed by atoms with Crippen LogP contribution >= 0.6 is 0 Å². The van der Waals surface area contributed by atoms with Crippen LogP contribution in [0.2, 0.25) is 0 Å². The fraction of sp³-hybridized carbons (Fsp3) is 0.435. The molecule has 2 aromatic carbocycles. The van der Waals surface area contributed by atoms with Crippen LogP contribution in [0.5, 0.6) is 5.75 Å². The average molecular weight is 367 g/mol. The van der Waals surface area contributed by atoms with Crippen LogP contribution in [-0.2, 0) is 0 Å². The zero-order valence-electron chi connectivity index (χ0n) is 16.3. The molecule has 27 heavy (non-hydrogen) atoms. The summed E-state index contributed by atoms with van der Waals surface area (Å²) in [5.74, 6) is 0.757. The third-order valence-electron chi connectivity index (χ3n) is 5.24. The summed E-state index contributed by atoms with van der Waals surface area (Å²) in [6, 6.07) is 18.7. The van der Waals surface area contributed by atoms with E-state index in [4.69, 9.17) is 4.74 Å². The Balaban J connectivity index is 1.47. The number of nitrogens with zero attached hydrogens (tertiary/aromatic N) is 2. The summed E-state index contributed by atoms with van der Waals surface area (Å²) >= 11 is 0. The van der Waals surface area contributed by atoms with E-state index >= 15 is 0 Å². The van der Waals surface area contributed by atoms with Crippen LogP contribution in [0.3, 0.4) is 0 Å². The van der Waals surface area contributed by atoms with Crippen molar-refractivity contribution in [2.75, 3.05) is 13.2 Å². The normalized spacial score (nSPS) is 22.0. The number of piperidine rings is 1. The van der Waals surface area contributed by atoms with Crippen molar-refractivity contribution in [1.82, 2.24) is 4.90 Å². The summed E-state index contributed by atoms with van der Waals surface area (Å²) in [6.45, 7) is 5.47. The predicted octanol–water partition coefficient (Wildman–Crippen LogP) is 4.44. The Hall–Kier alpha value is -2.17. The molecule has 3 rings (SSSR count). The van der Waals surface area contributed by atoms with Gasteiger partial charge in [0.15, 0.2) is 0 Å². The number of benzene rings is 2. The first-order chi connectivity index (χ1) is 13.1. The highest BCUT2D eigenvalue weighted by Gasteiger charge is 2.26. The van der Waals surface area contributed by atoms with Gasteiger partial charge in [-0.25, -0.2) is 0 Å². The van der Waals surface area contributed by atoms with Crippen LogP contribution in [0.25, 0.3) is 0 Å². The van der Waals surface area contributed by atoms with Gasteiger partial charge in [-0.2, -0.15) is 0 Å². The highest BCUT2D eigenvalue weighted by molar-refractivity contribution is 5.81. The number of likely N-dealkylation sites (tertiary alicyclic amines) is 1. The molecule has 144 valence electrons. The molecule has 1 heterocycles. The van der Waals surface area contributed by atoms with Gasteiger partial charge in [-0.15, -0.1) is 0 Å². The molecule has 1 fully saturated rings. The van der Waals surface area contributed by atoms with E-state index in [1.165, 1.54) is 19.3 Å². The van der Waals surface area contributed by atoms with Crippen molar-refractivity contribution >= 4 is 11.9 Å². The molecule has 0 radical (unpaired) electrons. The highest BCUT2D eigenvalue weighted by Crippen LogP contribution is 2.23. The monoisotopic (exact) mass is 366 g/mol. The first kappa shape index (κ1) is 19.6. The number of rotatable bonds is 7. The molecule has 1 saturated heterocycles. The Morgan fingerprint density at radius 1 is 1.07 bits per heavy atom. The first-order valence-electron chi connectivity index (χ1n) is 9.87. The number of hydrogen-bond acceptors (Lipinski definition) is 4. The second-order valence-electron chi connectivity index (χ2n) is 7.45. The molecule has 0 bridgehead atoms. The highest BCUT2D eigenvalue weighted by atomic mass is 16.5. The second-order valence-corrected chi connectivity index (χ2v) is 7.45. The second kappa shape index (κ2) is 9.67. The molecule has 4 heteroatoms. The van der Waals surface area contributed by atoms with Crippen molar-refractivity contribution in [3.63, 3.8) is 0 Å². The Kier molecular flexibility index (Phi) is 7.02. The zero-order valence-corrected chi connectivity index (χ0v) is 16.3. The molecule has 0 spiro atoms. The molecule has 0 amide bonds.